The van der Waals surface area contributed by atoms with E-state index in [2.05, 4.69) is 19.2 Å². The van der Waals surface area contributed by atoms with Gasteiger partial charge in [-0.1, -0.05) is 55.2 Å². The maximum Gasteiger partial charge on any atom is 0.251 e. The van der Waals surface area contributed by atoms with Crippen LogP contribution in [0.1, 0.15) is 49.7 Å². The highest BCUT2D eigenvalue weighted by Crippen LogP contribution is 2.26. The number of sulfonamides is 1. The van der Waals surface area contributed by atoms with Crippen LogP contribution in [0.25, 0.3) is 0 Å². The van der Waals surface area contributed by atoms with Gasteiger partial charge >= 0.3 is 0 Å². The minimum atomic E-state index is -3.79. The van der Waals surface area contributed by atoms with Crippen molar-refractivity contribution in [3.8, 4) is 0 Å². The number of carbonyl (C=O) groups excluding carboxylic acids is 1. The number of likely N-dealkylation sites (N-methyl/N-ethyl adjacent to an activating group) is 1. The first kappa shape index (κ1) is 26.6. The van der Waals surface area contributed by atoms with Crippen molar-refractivity contribution in [3.63, 3.8) is 0 Å². The van der Waals surface area contributed by atoms with Gasteiger partial charge in [-0.2, -0.15) is 4.31 Å². The number of halogens is 2. The molecule has 0 spiro atoms. The van der Waals surface area contributed by atoms with E-state index in [-0.39, 0.29) is 27.4 Å². The molecule has 1 amide bonds. The van der Waals surface area contributed by atoms with Crippen LogP contribution in [-0.2, 0) is 10.0 Å². The van der Waals surface area contributed by atoms with Crippen molar-refractivity contribution in [1.82, 2.24) is 9.62 Å². The van der Waals surface area contributed by atoms with E-state index < -0.39 is 10.0 Å². The maximum atomic E-state index is 13.0. The van der Waals surface area contributed by atoms with Gasteiger partial charge in [0.2, 0.25) is 10.0 Å². The maximum absolute atomic E-state index is 13.0. The second-order valence-electron chi connectivity index (χ2n) is 7.38. The highest BCUT2D eigenvalue weighted by molar-refractivity contribution is 7.89. The van der Waals surface area contributed by atoms with Crippen LogP contribution < -0.4 is 10.2 Å². The Morgan fingerprint density at radius 1 is 1.00 bits per heavy atom. The second-order valence-corrected chi connectivity index (χ2v) is 10.1. The highest BCUT2D eigenvalue weighted by Gasteiger charge is 2.27. The molecule has 9 heteroatoms. The molecule has 176 valence electrons. The third-order valence-electron chi connectivity index (χ3n) is 5.67. The molecule has 6 nitrogen and oxygen atoms in total. The zero-order valence-corrected chi connectivity index (χ0v) is 21.3. The van der Waals surface area contributed by atoms with Gasteiger partial charge in [0.25, 0.3) is 5.91 Å². The summed E-state index contributed by atoms with van der Waals surface area (Å²) in [5, 5.41) is 3.71. The average Bonchev–Trinajstić information content (AvgIpc) is 2.78. The number of hydrogen-bond donors (Lipinski definition) is 2. The first-order valence-electron chi connectivity index (χ1n) is 10.9. The van der Waals surface area contributed by atoms with Gasteiger partial charge in [0.15, 0.2) is 0 Å². The van der Waals surface area contributed by atoms with Gasteiger partial charge < -0.3 is 10.2 Å². The van der Waals surface area contributed by atoms with Crippen molar-refractivity contribution in [2.24, 2.45) is 0 Å². The van der Waals surface area contributed by atoms with Crippen LogP contribution in [-0.4, -0.2) is 51.4 Å². The lowest BCUT2D eigenvalue weighted by Crippen LogP contribution is -3.12. The molecule has 0 saturated heterocycles. The average molecular weight is 502 g/mol. The molecule has 2 aromatic rings. The molecule has 0 aliphatic heterocycles. The standard InChI is InChI=1S/C23H31Cl2N3O3S/c1-5-27(6-2)21(18-11-9-10-12-19(18)24)16-26-23(29)17-13-14-20(25)22(15-17)32(30,31)28(7-3)8-4/h9-15,21H,5-8,16H2,1-4H3,(H,26,29)/p+1/t21-/m0/s1. The molecule has 1 atom stereocenters. The molecule has 0 unspecified atom stereocenters. The summed E-state index contributed by atoms with van der Waals surface area (Å²) in [5.74, 6) is -0.360. The van der Waals surface area contributed by atoms with Gasteiger partial charge in [-0.15, -0.1) is 0 Å². The van der Waals surface area contributed by atoms with Crippen molar-refractivity contribution < 1.29 is 18.1 Å². The summed E-state index contributed by atoms with van der Waals surface area (Å²) in [6, 6.07) is 11.9. The quantitative estimate of drug-likeness (QED) is 0.496. The first-order chi connectivity index (χ1) is 15.2. The highest BCUT2D eigenvalue weighted by atomic mass is 35.5. The minimum absolute atomic E-state index is 0.0335. The van der Waals surface area contributed by atoms with Crippen LogP contribution in [0.5, 0.6) is 0 Å². The van der Waals surface area contributed by atoms with Gasteiger partial charge in [-0.25, -0.2) is 8.42 Å². The van der Waals surface area contributed by atoms with E-state index in [4.69, 9.17) is 23.2 Å². The van der Waals surface area contributed by atoms with Gasteiger partial charge in [0, 0.05) is 29.2 Å². The molecule has 0 radical (unpaired) electrons. The van der Waals surface area contributed by atoms with E-state index in [9.17, 15) is 13.2 Å². The lowest BCUT2D eigenvalue weighted by Gasteiger charge is -2.28. The summed E-state index contributed by atoms with van der Waals surface area (Å²) >= 11 is 12.6. The minimum Gasteiger partial charge on any atom is -0.346 e. The fourth-order valence-corrected chi connectivity index (χ4v) is 6.04. The lowest BCUT2D eigenvalue weighted by molar-refractivity contribution is -0.927. The molecule has 2 N–H and O–H groups in total. The Morgan fingerprint density at radius 3 is 2.19 bits per heavy atom. The molecule has 2 aromatic carbocycles. The molecule has 0 bridgehead atoms. The van der Waals surface area contributed by atoms with Crippen LogP contribution >= 0.6 is 23.2 Å². The fourth-order valence-electron chi connectivity index (χ4n) is 3.82. The monoisotopic (exact) mass is 500 g/mol. The Kier molecular flexibility index (Phi) is 9.98. The van der Waals surface area contributed by atoms with E-state index in [0.29, 0.717) is 24.7 Å². The predicted molar refractivity (Wildman–Crippen MR) is 130 cm³/mol. The second kappa shape index (κ2) is 12.0. The van der Waals surface area contributed by atoms with Gasteiger partial charge in [0.1, 0.15) is 10.9 Å². The lowest BCUT2D eigenvalue weighted by atomic mass is 10.0. The largest absolute Gasteiger partial charge is 0.346 e. The topological polar surface area (TPSA) is 70.9 Å². The third-order valence-corrected chi connectivity index (χ3v) is 8.54. The van der Waals surface area contributed by atoms with Gasteiger partial charge in [-0.05, 0) is 38.1 Å². The van der Waals surface area contributed by atoms with Crippen LogP contribution in [0.3, 0.4) is 0 Å². The number of quaternary nitrogens is 1. The van der Waals surface area contributed by atoms with E-state index in [0.717, 1.165) is 18.7 Å². The van der Waals surface area contributed by atoms with Crippen molar-refractivity contribution in [2.75, 3.05) is 32.7 Å². The van der Waals surface area contributed by atoms with Crippen LogP contribution in [0, 0.1) is 0 Å². The molecule has 0 saturated carbocycles. The summed E-state index contributed by atoms with van der Waals surface area (Å²) in [6.45, 7) is 10.4. The molecule has 0 fully saturated rings. The molecule has 0 aliphatic carbocycles. The van der Waals surface area contributed by atoms with Crippen LogP contribution in [0.2, 0.25) is 10.0 Å². The molecule has 0 heterocycles. The van der Waals surface area contributed by atoms with Crippen molar-refractivity contribution in [3.05, 3.63) is 63.6 Å². The third kappa shape index (κ3) is 6.02. The van der Waals surface area contributed by atoms with E-state index >= 15 is 0 Å². The molecule has 2 rings (SSSR count). The van der Waals surface area contributed by atoms with E-state index in [1.165, 1.54) is 27.4 Å². The zero-order chi connectivity index (χ0) is 23.9. The number of carbonyl (C=O) groups is 1. The van der Waals surface area contributed by atoms with Crippen molar-refractivity contribution in [1.29, 1.82) is 0 Å². The fraction of sp³-hybridized carbons (Fsp3) is 0.435. The molecular formula is C23H32Cl2N3O3S+. The summed E-state index contributed by atoms with van der Waals surface area (Å²) in [7, 11) is -3.79. The van der Waals surface area contributed by atoms with Crippen LogP contribution in [0.4, 0.5) is 0 Å². The zero-order valence-electron chi connectivity index (χ0n) is 19.0. The number of nitrogens with one attached hydrogen (secondary N) is 2. The summed E-state index contributed by atoms with van der Waals surface area (Å²) < 4.78 is 27.2. The van der Waals surface area contributed by atoms with Crippen molar-refractivity contribution >= 4 is 39.1 Å². The predicted octanol–water partition coefficient (Wildman–Crippen LogP) is 3.42. The number of hydrogen-bond acceptors (Lipinski definition) is 3. The smallest absolute Gasteiger partial charge is 0.251 e. The molecule has 0 aromatic heterocycles. The molecule has 0 aliphatic rings. The van der Waals surface area contributed by atoms with E-state index in [1.54, 1.807) is 13.8 Å². The number of amides is 1. The van der Waals surface area contributed by atoms with Crippen LogP contribution in [0.15, 0.2) is 47.4 Å². The number of rotatable bonds is 11. The number of nitrogens with zero attached hydrogens (tertiary/aromatic N) is 1. The van der Waals surface area contributed by atoms with Gasteiger partial charge in [-0.3, -0.25) is 4.79 Å². The summed E-state index contributed by atoms with van der Waals surface area (Å²) in [6.07, 6.45) is 0. The number of benzene rings is 2. The molecular weight excluding hydrogens is 469 g/mol. The first-order valence-corrected chi connectivity index (χ1v) is 13.1. The Labute approximate surface area is 201 Å². The van der Waals surface area contributed by atoms with E-state index in [1.807, 2.05) is 24.3 Å². The Hall–Kier alpha value is -1.64. The normalized spacial score (nSPS) is 12.9. The van der Waals surface area contributed by atoms with Crippen molar-refractivity contribution in [2.45, 2.75) is 38.6 Å². The van der Waals surface area contributed by atoms with Gasteiger partial charge in [0.05, 0.1) is 24.7 Å². The summed E-state index contributed by atoms with van der Waals surface area (Å²) in [4.78, 5) is 14.2. The Balaban J connectivity index is 2.31. The Bertz CT molecular complexity index is 1020. The Morgan fingerprint density at radius 2 is 1.62 bits per heavy atom. The SMILES string of the molecule is CCN(CC)S(=O)(=O)c1cc(C(=O)NC[C@@H](c2ccccc2Cl)[NH+](CC)CC)ccc1Cl. The summed E-state index contributed by atoms with van der Waals surface area (Å²) in [5.41, 5.74) is 1.21. The molecule has 32 heavy (non-hydrogen) atoms.